The molecule has 12 heavy (non-hydrogen) atoms. The van der Waals surface area contributed by atoms with Crippen LogP contribution in [-0.2, 0) is 13.7 Å². The Labute approximate surface area is 69.6 Å². The van der Waals surface area contributed by atoms with Gasteiger partial charge in [-0.25, -0.2) is 5.26 Å². The smallest absolute Gasteiger partial charge is 0.367 e. The first kappa shape index (κ1) is 14.4. The highest BCUT2D eigenvalue weighted by atomic mass is 28.4. The Hall–Kier alpha value is -0.103. The Morgan fingerprint density at radius 3 is 1.33 bits per heavy atom. The fraction of sp³-hybridized carbons (Fsp3) is 1.00. The molecule has 0 aliphatic carbocycles. The van der Waals surface area contributed by atoms with Crippen molar-refractivity contribution in [1.82, 2.24) is 0 Å². The van der Waals surface area contributed by atoms with Gasteiger partial charge in [-0.3, -0.25) is 0 Å². The van der Waals surface area contributed by atoms with Crippen LogP contribution < -0.4 is 0 Å². The molecule has 0 spiro atoms. The second-order valence-electron chi connectivity index (χ2n) is 1.39. The Morgan fingerprint density at radius 2 is 1.33 bits per heavy atom. The Kier molecular flexibility index (Phi) is 9.06. The highest BCUT2D eigenvalue weighted by molar-refractivity contribution is 6.50. The molecule has 0 fully saturated rings. The molecule has 0 aliphatic rings. The van der Waals surface area contributed by atoms with E-state index in [-0.39, 0.29) is 0 Å². The molecule has 8 nitrogen and oxygen atoms in total. The molecule has 0 bridgehead atoms. The third-order valence-corrected chi connectivity index (χ3v) is 1.69. The zero-order valence-corrected chi connectivity index (χ0v) is 7.54. The summed E-state index contributed by atoms with van der Waals surface area (Å²) in [5.41, 5.74) is 0. The molecule has 0 radical (unpaired) electrons. The predicted octanol–water partition coefficient (Wildman–Crippen LogP) is -2.56. The molecule has 0 heterocycles. The number of aliphatic hydroxyl groups excluding tert-OH is 1. The molecule has 0 rings (SSSR count). The highest BCUT2D eigenvalue weighted by Gasteiger charge is 2.32. The van der Waals surface area contributed by atoms with Gasteiger partial charge in [0.2, 0.25) is 0 Å². The SMILES string of the molecule is CO[Si](O)(O)OC.OOC(O)O. The summed E-state index contributed by atoms with van der Waals surface area (Å²) in [4.78, 5) is 19.6. The second-order valence-corrected chi connectivity index (χ2v) is 3.30. The predicted molar refractivity (Wildman–Crippen MR) is 36.1 cm³/mol. The maximum atomic E-state index is 8.38. The number of rotatable bonds is 3. The lowest BCUT2D eigenvalue weighted by molar-refractivity contribution is -0.399. The molecular weight excluding hydrogens is 192 g/mol. The van der Waals surface area contributed by atoms with E-state index in [1.807, 2.05) is 0 Å². The zero-order valence-electron chi connectivity index (χ0n) is 6.54. The van der Waals surface area contributed by atoms with Crippen molar-refractivity contribution in [1.29, 1.82) is 0 Å². The second kappa shape index (κ2) is 7.54. The van der Waals surface area contributed by atoms with Crippen LogP contribution in [0, 0.1) is 0 Å². The van der Waals surface area contributed by atoms with E-state index in [2.05, 4.69) is 13.7 Å². The van der Waals surface area contributed by atoms with Gasteiger partial charge < -0.3 is 28.7 Å². The van der Waals surface area contributed by atoms with Gasteiger partial charge in [0.25, 0.3) is 6.48 Å². The van der Waals surface area contributed by atoms with Crippen molar-refractivity contribution in [2.24, 2.45) is 0 Å². The van der Waals surface area contributed by atoms with Crippen LogP contribution in [-0.4, -0.2) is 54.8 Å². The first-order chi connectivity index (χ1) is 5.39. The van der Waals surface area contributed by atoms with Crippen LogP contribution in [0.2, 0.25) is 0 Å². The van der Waals surface area contributed by atoms with Gasteiger partial charge in [-0.05, 0) is 0 Å². The summed E-state index contributed by atoms with van der Waals surface area (Å²) >= 11 is 0. The summed E-state index contributed by atoms with van der Waals surface area (Å²) in [6.07, 6.45) is 0. The minimum absolute atomic E-state index is 1.18. The largest absolute Gasteiger partial charge is 0.673 e. The van der Waals surface area contributed by atoms with Crippen molar-refractivity contribution in [2.75, 3.05) is 14.2 Å². The minimum atomic E-state index is -3.65. The molecule has 0 aromatic rings. The molecular formula is C3H12O8Si. The third-order valence-electron chi connectivity index (χ3n) is 0.626. The number of hydrogen-bond donors (Lipinski definition) is 5. The van der Waals surface area contributed by atoms with E-state index in [0.717, 1.165) is 0 Å². The Balaban J connectivity index is 0. The average molecular weight is 204 g/mol. The van der Waals surface area contributed by atoms with Gasteiger partial charge in [-0.15, -0.1) is 0 Å². The Bertz CT molecular complexity index is 88.3. The highest BCUT2D eigenvalue weighted by Crippen LogP contribution is 1.89. The monoisotopic (exact) mass is 204 g/mol. The van der Waals surface area contributed by atoms with Gasteiger partial charge in [0.1, 0.15) is 0 Å². The summed E-state index contributed by atoms with van der Waals surface area (Å²) in [5, 5.41) is 22.0. The molecule has 5 N–H and O–H groups in total. The summed E-state index contributed by atoms with van der Waals surface area (Å²) in [5.74, 6) is 0. The van der Waals surface area contributed by atoms with E-state index < -0.39 is 15.5 Å². The molecule has 9 heteroatoms. The van der Waals surface area contributed by atoms with Crippen LogP contribution in [0.25, 0.3) is 0 Å². The van der Waals surface area contributed by atoms with Gasteiger partial charge in [0.15, 0.2) is 0 Å². The van der Waals surface area contributed by atoms with Crippen molar-refractivity contribution in [3.05, 3.63) is 0 Å². The molecule has 0 amide bonds. The molecule has 76 valence electrons. The summed E-state index contributed by atoms with van der Waals surface area (Å²) < 4.78 is 8.23. The van der Waals surface area contributed by atoms with Crippen molar-refractivity contribution in [3.63, 3.8) is 0 Å². The summed E-state index contributed by atoms with van der Waals surface area (Å²) in [6.45, 7) is -2.06. The minimum Gasteiger partial charge on any atom is -0.367 e. The fourth-order valence-electron chi connectivity index (χ4n) is 0.0833. The van der Waals surface area contributed by atoms with Crippen LogP contribution in [0.4, 0.5) is 0 Å². The number of aliphatic hydroxyl groups is 2. The van der Waals surface area contributed by atoms with Crippen molar-refractivity contribution < 1.29 is 38.8 Å². The van der Waals surface area contributed by atoms with Crippen LogP contribution in [0.3, 0.4) is 0 Å². The Morgan fingerprint density at radius 1 is 1.08 bits per heavy atom. The van der Waals surface area contributed by atoms with Crippen LogP contribution >= 0.6 is 0 Å². The van der Waals surface area contributed by atoms with Gasteiger partial charge in [0.05, 0.1) is 0 Å². The van der Waals surface area contributed by atoms with E-state index in [0.29, 0.717) is 0 Å². The topological polar surface area (TPSA) is 129 Å². The van der Waals surface area contributed by atoms with E-state index in [1.54, 1.807) is 0 Å². The lowest BCUT2D eigenvalue weighted by Crippen LogP contribution is -2.40. The molecule has 0 saturated heterocycles. The lowest BCUT2D eigenvalue weighted by Gasteiger charge is -2.08. The zero-order chi connectivity index (χ0) is 10.2. The standard InChI is InChI=1S/C2H8O4Si.CH4O4/c1-5-7(3,4)6-2;2-1(3)5-4/h3-4H,1-2H3;1-4H. The van der Waals surface area contributed by atoms with Crippen LogP contribution in [0.15, 0.2) is 0 Å². The normalized spacial score (nSPS) is 11.0. The van der Waals surface area contributed by atoms with Gasteiger partial charge in [-0.2, -0.15) is 4.89 Å². The molecule has 0 unspecified atom stereocenters. The molecule has 0 saturated carbocycles. The summed E-state index contributed by atoms with van der Waals surface area (Å²) in [6, 6.07) is 0. The molecule has 0 aromatic heterocycles. The third kappa shape index (κ3) is 12.6. The van der Waals surface area contributed by atoms with Crippen molar-refractivity contribution >= 4 is 9.05 Å². The number of hydrogen-bond acceptors (Lipinski definition) is 8. The van der Waals surface area contributed by atoms with E-state index in [1.165, 1.54) is 14.2 Å². The quantitative estimate of drug-likeness (QED) is 0.147. The lowest BCUT2D eigenvalue weighted by atomic mass is 11.4. The molecule has 0 aromatic carbocycles. The molecule has 0 atom stereocenters. The first-order valence-corrected chi connectivity index (χ1v) is 4.32. The average Bonchev–Trinajstić information content (AvgIpc) is 2.05. The van der Waals surface area contributed by atoms with Crippen molar-refractivity contribution in [3.8, 4) is 0 Å². The van der Waals surface area contributed by atoms with Crippen molar-refractivity contribution in [2.45, 2.75) is 6.48 Å². The van der Waals surface area contributed by atoms with Gasteiger partial charge in [-0.1, -0.05) is 0 Å². The molecule has 0 aliphatic heterocycles. The first-order valence-electron chi connectivity index (χ1n) is 2.61. The van der Waals surface area contributed by atoms with Crippen LogP contribution in [0.1, 0.15) is 0 Å². The maximum Gasteiger partial charge on any atom is 0.673 e. The van der Waals surface area contributed by atoms with E-state index in [4.69, 9.17) is 25.1 Å². The van der Waals surface area contributed by atoms with Gasteiger partial charge >= 0.3 is 9.05 Å². The maximum absolute atomic E-state index is 8.38. The van der Waals surface area contributed by atoms with Gasteiger partial charge in [0, 0.05) is 14.2 Å². The van der Waals surface area contributed by atoms with Crippen LogP contribution in [0.5, 0.6) is 0 Å². The fourth-order valence-corrected chi connectivity index (χ4v) is 0.250. The van der Waals surface area contributed by atoms with E-state index in [9.17, 15) is 0 Å². The summed E-state index contributed by atoms with van der Waals surface area (Å²) in [7, 11) is -1.30. The van der Waals surface area contributed by atoms with E-state index >= 15 is 0 Å².